The van der Waals surface area contributed by atoms with Gasteiger partial charge in [0.15, 0.2) is 0 Å². The maximum Gasteiger partial charge on any atom is 0.224 e. The summed E-state index contributed by atoms with van der Waals surface area (Å²) in [5, 5.41) is 3.32. The molecule has 1 aliphatic heterocycles. The van der Waals surface area contributed by atoms with Crippen LogP contribution in [0.25, 0.3) is 0 Å². The Kier molecular flexibility index (Phi) is 4.61. The van der Waals surface area contributed by atoms with E-state index < -0.39 is 0 Å². The summed E-state index contributed by atoms with van der Waals surface area (Å²) in [6.45, 7) is 6.41. The third-order valence-corrected chi connectivity index (χ3v) is 4.99. The number of nitrogens with zero attached hydrogens (tertiary/aromatic N) is 3. The molecule has 0 spiro atoms. The van der Waals surface area contributed by atoms with E-state index in [0.717, 1.165) is 37.2 Å². The Morgan fingerprint density at radius 3 is 2.81 bits per heavy atom. The average Bonchev–Trinajstić information content (AvgIpc) is 3.16. The van der Waals surface area contributed by atoms with Gasteiger partial charge >= 0.3 is 0 Å². The van der Waals surface area contributed by atoms with Crippen molar-refractivity contribution in [1.82, 2.24) is 9.97 Å². The summed E-state index contributed by atoms with van der Waals surface area (Å²) < 4.78 is 0. The molecule has 2 aliphatic rings. The van der Waals surface area contributed by atoms with Crippen LogP contribution < -0.4 is 10.2 Å². The van der Waals surface area contributed by atoms with Crippen LogP contribution >= 0.6 is 0 Å². The second-order valence-electron chi connectivity index (χ2n) is 6.57. The number of anilines is 2. The smallest absolute Gasteiger partial charge is 0.224 e. The van der Waals surface area contributed by atoms with E-state index >= 15 is 0 Å². The predicted molar refractivity (Wildman–Crippen MR) is 87.9 cm³/mol. The van der Waals surface area contributed by atoms with Gasteiger partial charge in [0.05, 0.1) is 0 Å². The lowest BCUT2D eigenvalue weighted by Crippen LogP contribution is -2.35. The Labute approximate surface area is 128 Å². The standard InChI is InChI=1S/C17H28N4/c1-3-10-18-17-19-12-13(2)16(20-17)21-11-6-9-15(21)14-7-4-5-8-14/h12,14-15H,3-11H2,1-2H3,(H,18,19,20). The first-order valence-electron chi connectivity index (χ1n) is 8.63. The van der Waals surface area contributed by atoms with Gasteiger partial charge in [-0.25, -0.2) is 4.98 Å². The summed E-state index contributed by atoms with van der Waals surface area (Å²) in [4.78, 5) is 11.8. The summed E-state index contributed by atoms with van der Waals surface area (Å²) in [6.07, 6.45) is 11.4. The lowest BCUT2D eigenvalue weighted by Gasteiger charge is -2.31. The molecular weight excluding hydrogens is 260 g/mol. The second kappa shape index (κ2) is 6.63. The normalized spacial score (nSPS) is 23.0. The molecule has 116 valence electrons. The molecule has 1 atom stereocenters. The van der Waals surface area contributed by atoms with Crippen molar-refractivity contribution in [2.24, 2.45) is 5.92 Å². The van der Waals surface area contributed by atoms with E-state index in [4.69, 9.17) is 4.98 Å². The molecule has 4 heteroatoms. The van der Waals surface area contributed by atoms with Crippen molar-refractivity contribution in [3.05, 3.63) is 11.8 Å². The van der Waals surface area contributed by atoms with Gasteiger partial charge in [0.2, 0.25) is 5.95 Å². The summed E-state index contributed by atoms with van der Waals surface area (Å²) in [5.74, 6) is 2.83. The van der Waals surface area contributed by atoms with Gasteiger partial charge < -0.3 is 10.2 Å². The van der Waals surface area contributed by atoms with Crippen molar-refractivity contribution in [1.29, 1.82) is 0 Å². The number of hydrogen-bond acceptors (Lipinski definition) is 4. The topological polar surface area (TPSA) is 41.1 Å². The molecule has 0 amide bonds. The molecule has 0 aromatic carbocycles. The SMILES string of the molecule is CCCNc1ncc(C)c(N2CCCC2C2CCCC2)n1. The Hall–Kier alpha value is -1.32. The van der Waals surface area contributed by atoms with Gasteiger partial charge in [-0.05, 0) is 44.9 Å². The van der Waals surface area contributed by atoms with Crippen molar-refractivity contribution < 1.29 is 0 Å². The summed E-state index contributed by atoms with van der Waals surface area (Å²) in [7, 11) is 0. The van der Waals surface area contributed by atoms with E-state index in [1.165, 1.54) is 44.1 Å². The fourth-order valence-electron chi connectivity index (χ4n) is 3.93. The highest BCUT2D eigenvalue weighted by molar-refractivity contribution is 5.50. The number of aromatic nitrogens is 2. The van der Waals surface area contributed by atoms with Crippen molar-refractivity contribution in [3.63, 3.8) is 0 Å². The lowest BCUT2D eigenvalue weighted by molar-refractivity contribution is 0.429. The van der Waals surface area contributed by atoms with Gasteiger partial charge in [0.25, 0.3) is 0 Å². The molecule has 0 radical (unpaired) electrons. The molecule has 3 rings (SSSR count). The zero-order valence-corrected chi connectivity index (χ0v) is 13.4. The summed E-state index contributed by atoms with van der Waals surface area (Å²) >= 11 is 0. The number of hydrogen-bond donors (Lipinski definition) is 1. The molecule has 1 aliphatic carbocycles. The number of aryl methyl sites for hydroxylation is 1. The fraction of sp³-hybridized carbons (Fsp3) is 0.765. The Morgan fingerprint density at radius 2 is 2.05 bits per heavy atom. The predicted octanol–water partition coefficient (Wildman–Crippen LogP) is 3.77. The summed E-state index contributed by atoms with van der Waals surface area (Å²) in [5.41, 5.74) is 1.21. The van der Waals surface area contributed by atoms with Crippen LogP contribution in [0.2, 0.25) is 0 Å². The zero-order chi connectivity index (χ0) is 14.7. The van der Waals surface area contributed by atoms with Crippen LogP contribution in [0, 0.1) is 12.8 Å². The minimum Gasteiger partial charge on any atom is -0.354 e. The Morgan fingerprint density at radius 1 is 1.24 bits per heavy atom. The average molecular weight is 288 g/mol. The van der Waals surface area contributed by atoms with Crippen LogP contribution in [0.5, 0.6) is 0 Å². The second-order valence-corrected chi connectivity index (χ2v) is 6.57. The highest BCUT2D eigenvalue weighted by atomic mass is 15.3. The maximum absolute atomic E-state index is 4.82. The van der Waals surface area contributed by atoms with Gasteiger partial charge in [0.1, 0.15) is 5.82 Å². The molecule has 1 aromatic heterocycles. The molecular formula is C17H28N4. The minimum atomic E-state index is 0.708. The van der Waals surface area contributed by atoms with Gasteiger partial charge in [0, 0.05) is 30.9 Å². The fourth-order valence-corrected chi connectivity index (χ4v) is 3.93. The van der Waals surface area contributed by atoms with Crippen LogP contribution in [0.1, 0.15) is 57.4 Å². The number of nitrogens with one attached hydrogen (secondary N) is 1. The molecule has 4 nitrogen and oxygen atoms in total. The van der Waals surface area contributed by atoms with E-state index in [9.17, 15) is 0 Å². The Bertz CT molecular complexity index is 468. The van der Waals surface area contributed by atoms with Crippen LogP contribution in [0.15, 0.2) is 6.20 Å². The van der Waals surface area contributed by atoms with Gasteiger partial charge in [-0.15, -0.1) is 0 Å². The van der Waals surface area contributed by atoms with Gasteiger partial charge in [-0.3, -0.25) is 0 Å². The zero-order valence-electron chi connectivity index (χ0n) is 13.4. The highest BCUT2D eigenvalue weighted by Crippen LogP contribution is 2.38. The van der Waals surface area contributed by atoms with E-state index in [1.54, 1.807) is 0 Å². The van der Waals surface area contributed by atoms with Crippen molar-refractivity contribution in [2.45, 2.75) is 64.8 Å². The van der Waals surface area contributed by atoms with Crippen LogP contribution in [-0.4, -0.2) is 29.1 Å². The number of rotatable bonds is 5. The minimum absolute atomic E-state index is 0.708. The van der Waals surface area contributed by atoms with E-state index in [-0.39, 0.29) is 0 Å². The van der Waals surface area contributed by atoms with E-state index in [0.29, 0.717) is 6.04 Å². The van der Waals surface area contributed by atoms with Gasteiger partial charge in [-0.2, -0.15) is 4.98 Å². The molecule has 1 saturated carbocycles. The van der Waals surface area contributed by atoms with E-state index in [1.807, 2.05) is 6.20 Å². The van der Waals surface area contributed by atoms with Crippen molar-refractivity contribution in [2.75, 3.05) is 23.3 Å². The third kappa shape index (κ3) is 3.14. The molecule has 2 fully saturated rings. The lowest BCUT2D eigenvalue weighted by atomic mass is 9.96. The monoisotopic (exact) mass is 288 g/mol. The third-order valence-electron chi connectivity index (χ3n) is 4.99. The molecule has 1 aromatic rings. The molecule has 1 N–H and O–H groups in total. The van der Waals surface area contributed by atoms with Crippen molar-refractivity contribution in [3.8, 4) is 0 Å². The highest BCUT2D eigenvalue weighted by Gasteiger charge is 2.34. The van der Waals surface area contributed by atoms with Gasteiger partial charge in [-0.1, -0.05) is 19.8 Å². The van der Waals surface area contributed by atoms with Crippen LogP contribution in [-0.2, 0) is 0 Å². The molecule has 1 unspecified atom stereocenters. The first kappa shape index (κ1) is 14.6. The quantitative estimate of drug-likeness (QED) is 0.895. The van der Waals surface area contributed by atoms with E-state index in [2.05, 4.69) is 29.0 Å². The molecule has 21 heavy (non-hydrogen) atoms. The molecule has 1 saturated heterocycles. The van der Waals surface area contributed by atoms with Crippen LogP contribution in [0.3, 0.4) is 0 Å². The largest absolute Gasteiger partial charge is 0.354 e. The van der Waals surface area contributed by atoms with Crippen LogP contribution in [0.4, 0.5) is 11.8 Å². The molecule has 0 bridgehead atoms. The Balaban J connectivity index is 1.80. The molecule has 2 heterocycles. The first-order chi connectivity index (χ1) is 10.3. The summed E-state index contributed by atoms with van der Waals surface area (Å²) in [6, 6.07) is 0.708. The maximum atomic E-state index is 4.82. The first-order valence-corrected chi connectivity index (χ1v) is 8.63. The van der Waals surface area contributed by atoms with Crippen molar-refractivity contribution >= 4 is 11.8 Å².